The van der Waals surface area contributed by atoms with Crippen molar-refractivity contribution < 1.29 is 9.90 Å². The number of amides is 1. The predicted octanol–water partition coefficient (Wildman–Crippen LogP) is 2.89. The van der Waals surface area contributed by atoms with Gasteiger partial charge in [0.1, 0.15) is 0 Å². The van der Waals surface area contributed by atoms with E-state index in [1.54, 1.807) is 10.6 Å². The Kier molecular flexibility index (Phi) is 9.76. The highest BCUT2D eigenvalue weighted by Crippen LogP contribution is 2.23. The first-order valence-corrected chi connectivity index (χ1v) is 12.6. The second-order valence-corrected chi connectivity index (χ2v) is 6.77. The minimum absolute atomic E-state index is 0.0855. The minimum Gasteiger partial charge on any atom is -0.395 e. The van der Waals surface area contributed by atoms with Gasteiger partial charge in [0.25, 0.3) is 0 Å². The number of aromatic nitrogens is 2. The highest BCUT2D eigenvalue weighted by Gasteiger charge is 2.21. The number of thiol groups is 1. The van der Waals surface area contributed by atoms with Crippen molar-refractivity contribution in [2.75, 3.05) is 6.61 Å². The molecule has 0 fully saturated rings. The van der Waals surface area contributed by atoms with Gasteiger partial charge in [-0.1, -0.05) is 29.8 Å². The zero-order chi connectivity index (χ0) is 20.5. The van der Waals surface area contributed by atoms with Crippen LogP contribution in [0.5, 0.6) is 0 Å². The SMILES string of the molecule is O=C(CCc1nc(=O)n(CCO)c2c1CCC2)NCc1ccccc1Cl.SI. The molecule has 1 aliphatic rings. The first-order chi connectivity index (χ1) is 13.6. The van der Waals surface area contributed by atoms with E-state index >= 15 is 0 Å². The van der Waals surface area contributed by atoms with Gasteiger partial charge in [0.2, 0.25) is 5.91 Å². The molecule has 3 rings (SSSR count). The average Bonchev–Trinajstić information content (AvgIpc) is 3.19. The topological polar surface area (TPSA) is 84.2 Å². The van der Waals surface area contributed by atoms with Gasteiger partial charge >= 0.3 is 5.69 Å². The number of rotatable bonds is 7. The average molecular weight is 536 g/mol. The van der Waals surface area contributed by atoms with Crippen molar-refractivity contribution in [2.24, 2.45) is 0 Å². The van der Waals surface area contributed by atoms with E-state index in [9.17, 15) is 9.59 Å². The number of aryl methyl sites for hydroxylation is 1. The Morgan fingerprint density at radius 2 is 2.07 bits per heavy atom. The van der Waals surface area contributed by atoms with E-state index in [-0.39, 0.29) is 31.2 Å². The van der Waals surface area contributed by atoms with Crippen LogP contribution >= 0.6 is 42.6 Å². The van der Waals surface area contributed by atoms with Gasteiger partial charge in [0.15, 0.2) is 0 Å². The first kappa shape index (κ1) is 23.2. The highest BCUT2D eigenvalue weighted by atomic mass is 127. The van der Waals surface area contributed by atoms with E-state index in [1.807, 2.05) is 39.4 Å². The molecule has 0 aliphatic heterocycles. The molecule has 0 saturated heterocycles. The normalized spacial score (nSPS) is 12.1. The number of hydrogen-bond acceptors (Lipinski definition) is 5. The Balaban J connectivity index is 0.00000136. The number of halogens is 2. The molecule has 6 nitrogen and oxygen atoms in total. The van der Waals surface area contributed by atoms with E-state index in [4.69, 9.17) is 16.7 Å². The summed E-state index contributed by atoms with van der Waals surface area (Å²) in [5.41, 5.74) is 3.27. The fourth-order valence-corrected chi connectivity index (χ4v) is 3.59. The molecule has 0 radical (unpaired) electrons. The summed E-state index contributed by atoms with van der Waals surface area (Å²) in [6.07, 6.45) is 3.36. The molecule has 1 amide bonds. The van der Waals surface area contributed by atoms with Gasteiger partial charge in [-0.25, -0.2) is 4.79 Å². The van der Waals surface area contributed by atoms with Gasteiger partial charge in [0, 0.05) is 23.7 Å². The van der Waals surface area contributed by atoms with Crippen LogP contribution in [0.3, 0.4) is 0 Å². The number of nitrogens with zero attached hydrogens (tertiary/aromatic N) is 2. The molecule has 2 aromatic rings. The Bertz CT molecular complexity index is 876. The molecule has 1 aliphatic carbocycles. The number of benzene rings is 1. The van der Waals surface area contributed by atoms with Crippen LogP contribution in [0, 0.1) is 0 Å². The van der Waals surface area contributed by atoms with E-state index in [0.717, 1.165) is 36.1 Å². The molecule has 1 aromatic carbocycles. The number of nitrogens with one attached hydrogen (secondary N) is 1. The van der Waals surface area contributed by atoms with E-state index in [0.29, 0.717) is 23.7 Å². The molecule has 2 N–H and O–H groups in total. The molecule has 1 aromatic heterocycles. The Labute approximate surface area is 186 Å². The maximum Gasteiger partial charge on any atom is 0.348 e. The van der Waals surface area contributed by atoms with Crippen molar-refractivity contribution in [3.05, 3.63) is 62.3 Å². The molecular weight excluding hydrogens is 513 g/mol. The van der Waals surface area contributed by atoms with Crippen LogP contribution in [0.25, 0.3) is 0 Å². The van der Waals surface area contributed by atoms with Crippen LogP contribution in [0.4, 0.5) is 0 Å². The van der Waals surface area contributed by atoms with Gasteiger partial charge in [-0.3, -0.25) is 9.36 Å². The Morgan fingerprint density at radius 1 is 1.32 bits per heavy atom. The number of aliphatic hydroxyl groups is 1. The second kappa shape index (κ2) is 11.8. The Hall–Kier alpha value is -1.10. The molecule has 0 unspecified atom stereocenters. The van der Waals surface area contributed by atoms with Gasteiger partial charge < -0.3 is 10.4 Å². The van der Waals surface area contributed by atoms with E-state index < -0.39 is 0 Å². The van der Waals surface area contributed by atoms with Crippen LogP contribution < -0.4 is 11.0 Å². The van der Waals surface area contributed by atoms with Gasteiger partial charge in [-0.05, 0) is 64.1 Å². The summed E-state index contributed by atoms with van der Waals surface area (Å²) < 4.78 is 1.56. The smallest absolute Gasteiger partial charge is 0.348 e. The fourth-order valence-electron chi connectivity index (χ4n) is 3.39. The first-order valence-electron chi connectivity index (χ1n) is 8.99. The second-order valence-electron chi connectivity index (χ2n) is 6.36. The van der Waals surface area contributed by atoms with Crippen LogP contribution in [0.15, 0.2) is 29.1 Å². The maximum atomic E-state index is 12.2. The zero-order valence-corrected chi connectivity index (χ0v) is 19.1. The highest BCUT2D eigenvalue weighted by molar-refractivity contribution is 14.2. The number of hydrogen-bond donors (Lipinski definition) is 3. The van der Waals surface area contributed by atoms with Crippen molar-refractivity contribution in [2.45, 2.75) is 45.2 Å². The Morgan fingerprint density at radius 3 is 2.79 bits per heavy atom. The maximum absolute atomic E-state index is 12.2. The lowest BCUT2D eigenvalue weighted by molar-refractivity contribution is -0.121. The third-order valence-electron chi connectivity index (χ3n) is 4.67. The lowest BCUT2D eigenvalue weighted by atomic mass is 10.1. The minimum atomic E-state index is -0.342. The molecule has 28 heavy (non-hydrogen) atoms. The summed E-state index contributed by atoms with van der Waals surface area (Å²) in [7, 11) is 3.50. The fraction of sp³-hybridized carbons (Fsp3) is 0.421. The van der Waals surface area contributed by atoms with Gasteiger partial charge in [-0.2, -0.15) is 4.98 Å². The quantitative estimate of drug-likeness (QED) is 0.376. The number of carbonyl (C=O) groups excluding carboxylic acids is 1. The van der Waals surface area contributed by atoms with Crippen LogP contribution in [-0.2, 0) is 37.1 Å². The third kappa shape index (κ3) is 5.95. The van der Waals surface area contributed by atoms with Crippen molar-refractivity contribution >= 4 is 48.5 Å². The number of carbonyl (C=O) groups is 1. The zero-order valence-electron chi connectivity index (χ0n) is 15.3. The molecule has 0 saturated carbocycles. The lowest BCUT2D eigenvalue weighted by Gasteiger charge is -2.13. The number of aliphatic hydroxyl groups excluding tert-OH is 1. The van der Waals surface area contributed by atoms with Crippen molar-refractivity contribution in [1.29, 1.82) is 0 Å². The predicted molar refractivity (Wildman–Crippen MR) is 122 cm³/mol. The van der Waals surface area contributed by atoms with Crippen LogP contribution in [0.2, 0.25) is 5.02 Å². The number of fused-ring (bicyclic) bond motifs is 1. The van der Waals surface area contributed by atoms with Gasteiger partial charge in [0.05, 0.1) is 18.8 Å². The van der Waals surface area contributed by atoms with E-state index in [1.165, 1.54) is 0 Å². The monoisotopic (exact) mass is 535 g/mol. The van der Waals surface area contributed by atoms with Crippen LogP contribution in [0.1, 0.15) is 35.4 Å². The summed E-state index contributed by atoms with van der Waals surface area (Å²) in [6.45, 7) is 0.562. The largest absolute Gasteiger partial charge is 0.395 e. The standard InChI is InChI=1S/C19H22ClN3O3.HIS/c20-15-6-2-1-4-13(15)12-21-18(25)9-8-16-14-5-3-7-17(14)23(10-11-24)19(26)22-16;1-2/h1-2,4,6,24H,3,5,7-12H2,(H,21,25);2H. The lowest BCUT2D eigenvalue weighted by Crippen LogP contribution is -2.30. The summed E-state index contributed by atoms with van der Waals surface area (Å²) in [6, 6.07) is 7.39. The molecule has 0 spiro atoms. The molecular formula is C19H23ClIN3O3S. The summed E-state index contributed by atoms with van der Waals surface area (Å²) >= 11 is 7.93. The van der Waals surface area contributed by atoms with Crippen molar-refractivity contribution in [3.63, 3.8) is 0 Å². The third-order valence-corrected chi connectivity index (χ3v) is 5.04. The molecule has 0 bridgehead atoms. The van der Waals surface area contributed by atoms with Crippen molar-refractivity contribution in [3.8, 4) is 0 Å². The van der Waals surface area contributed by atoms with Crippen LogP contribution in [-0.4, -0.2) is 27.2 Å². The van der Waals surface area contributed by atoms with E-state index in [2.05, 4.69) is 20.1 Å². The summed E-state index contributed by atoms with van der Waals surface area (Å²) in [4.78, 5) is 28.5. The molecule has 152 valence electrons. The molecule has 9 heteroatoms. The summed E-state index contributed by atoms with van der Waals surface area (Å²) in [5.74, 6) is -0.0991. The van der Waals surface area contributed by atoms with Crippen molar-refractivity contribution in [1.82, 2.24) is 14.9 Å². The molecule has 0 atom stereocenters. The molecule has 1 heterocycles. The van der Waals surface area contributed by atoms with Gasteiger partial charge in [-0.15, -0.1) is 9.80 Å². The summed E-state index contributed by atoms with van der Waals surface area (Å²) in [5, 5.41) is 12.6.